The van der Waals surface area contributed by atoms with Gasteiger partial charge in [-0.05, 0) is 92.1 Å². The monoisotopic (exact) mass is 609 g/mol. The molecule has 0 unspecified atom stereocenters. The fourth-order valence-electron chi connectivity index (χ4n) is 4.34. The molecule has 0 bridgehead atoms. The maximum Gasteiger partial charge on any atom is 0.255 e. The average Bonchev–Trinajstić information content (AvgIpc) is 3.07. The predicted molar refractivity (Wildman–Crippen MR) is 176 cm³/mol. The molecule has 4 aromatic carbocycles. The summed E-state index contributed by atoms with van der Waals surface area (Å²) in [7, 11) is 0. The SMILES string of the molecule is CCOCc1ccc(NC(=O)c2cc(C(=O)Nc3ccc(COCC)cc3)cc(C(=O)Nc3ccc(COCC)cc3)c2)cc1. The van der Waals surface area contributed by atoms with Crippen molar-refractivity contribution >= 4 is 34.8 Å². The Morgan fingerprint density at radius 3 is 0.911 bits per heavy atom. The molecule has 0 fully saturated rings. The highest BCUT2D eigenvalue weighted by molar-refractivity contribution is 6.12. The molecule has 0 atom stereocenters. The molecular formula is C36H39N3O6. The second kappa shape index (κ2) is 16.9. The maximum atomic E-state index is 13.4. The fraction of sp³-hybridized carbons (Fsp3) is 0.250. The van der Waals surface area contributed by atoms with Gasteiger partial charge in [-0.3, -0.25) is 14.4 Å². The maximum absolute atomic E-state index is 13.4. The lowest BCUT2D eigenvalue weighted by Gasteiger charge is -2.12. The summed E-state index contributed by atoms with van der Waals surface area (Å²) in [6.45, 7) is 9.04. The van der Waals surface area contributed by atoms with Crippen molar-refractivity contribution in [3.05, 3.63) is 124 Å². The first-order valence-corrected chi connectivity index (χ1v) is 15.0. The number of nitrogens with one attached hydrogen (secondary N) is 3. The van der Waals surface area contributed by atoms with Crippen molar-refractivity contribution in [1.29, 1.82) is 0 Å². The van der Waals surface area contributed by atoms with Gasteiger partial charge in [-0.25, -0.2) is 0 Å². The Balaban J connectivity index is 1.56. The van der Waals surface area contributed by atoms with E-state index < -0.39 is 17.7 Å². The van der Waals surface area contributed by atoms with E-state index in [1.165, 1.54) is 18.2 Å². The van der Waals surface area contributed by atoms with Crippen molar-refractivity contribution in [3.63, 3.8) is 0 Å². The Bertz CT molecular complexity index is 1370. The summed E-state index contributed by atoms with van der Waals surface area (Å²) in [5, 5.41) is 8.56. The summed E-state index contributed by atoms with van der Waals surface area (Å²) >= 11 is 0. The van der Waals surface area contributed by atoms with Gasteiger partial charge in [0.1, 0.15) is 0 Å². The molecule has 45 heavy (non-hydrogen) atoms. The summed E-state index contributed by atoms with van der Waals surface area (Å²) in [5.74, 6) is -1.38. The third kappa shape index (κ3) is 10.1. The van der Waals surface area contributed by atoms with E-state index >= 15 is 0 Å². The highest BCUT2D eigenvalue weighted by Gasteiger charge is 2.18. The molecule has 0 aliphatic heterocycles. The van der Waals surface area contributed by atoms with E-state index in [9.17, 15) is 14.4 Å². The second-order valence-electron chi connectivity index (χ2n) is 10.2. The molecule has 0 saturated carbocycles. The minimum atomic E-state index is -0.461. The van der Waals surface area contributed by atoms with Gasteiger partial charge in [-0.1, -0.05) is 36.4 Å². The van der Waals surface area contributed by atoms with Crippen LogP contribution in [0.5, 0.6) is 0 Å². The van der Waals surface area contributed by atoms with Crippen LogP contribution in [0.1, 0.15) is 68.5 Å². The fourth-order valence-corrected chi connectivity index (χ4v) is 4.34. The van der Waals surface area contributed by atoms with Crippen LogP contribution in [0.4, 0.5) is 17.1 Å². The van der Waals surface area contributed by atoms with Gasteiger partial charge in [0.15, 0.2) is 0 Å². The van der Waals surface area contributed by atoms with Gasteiger partial charge in [-0.2, -0.15) is 0 Å². The largest absolute Gasteiger partial charge is 0.377 e. The summed E-state index contributed by atoms with van der Waals surface area (Å²) < 4.78 is 16.3. The Hall–Kier alpha value is -4.83. The lowest BCUT2D eigenvalue weighted by molar-refractivity contribution is 0.102. The number of ether oxygens (including phenoxy) is 3. The van der Waals surface area contributed by atoms with Crippen LogP contribution in [0.2, 0.25) is 0 Å². The van der Waals surface area contributed by atoms with Gasteiger partial charge in [0.2, 0.25) is 0 Å². The van der Waals surface area contributed by atoms with Crippen LogP contribution in [-0.2, 0) is 34.0 Å². The predicted octanol–water partition coefficient (Wildman–Crippen LogP) is 7.05. The van der Waals surface area contributed by atoms with Crippen molar-refractivity contribution in [2.75, 3.05) is 35.8 Å². The number of amides is 3. The summed E-state index contributed by atoms with van der Waals surface area (Å²) in [6, 6.07) is 26.3. The number of hydrogen-bond acceptors (Lipinski definition) is 6. The zero-order valence-electron chi connectivity index (χ0n) is 25.9. The molecule has 0 aromatic heterocycles. The third-order valence-electron chi connectivity index (χ3n) is 6.77. The number of anilines is 3. The average molecular weight is 610 g/mol. The van der Waals surface area contributed by atoms with Crippen molar-refractivity contribution in [1.82, 2.24) is 0 Å². The molecule has 0 aliphatic carbocycles. The normalized spacial score (nSPS) is 10.7. The first-order chi connectivity index (χ1) is 21.9. The first kappa shape index (κ1) is 33.1. The van der Waals surface area contributed by atoms with Crippen LogP contribution < -0.4 is 16.0 Å². The minimum absolute atomic E-state index is 0.158. The molecule has 0 spiro atoms. The number of hydrogen-bond donors (Lipinski definition) is 3. The molecule has 4 aromatic rings. The summed E-state index contributed by atoms with van der Waals surface area (Å²) in [6.07, 6.45) is 0. The highest BCUT2D eigenvalue weighted by Crippen LogP contribution is 2.19. The minimum Gasteiger partial charge on any atom is -0.377 e. The van der Waals surface area contributed by atoms with E-state index in [0.717, 1.165) is 16.7 Å². The molecule has 0 saturated heterocycles. The van der Waals surface area contributed by atoms with Gasteiger partial charge in [0.25, 0.3) is 17.7 Å². The Morgan fingerprint density at radius 1 is 0.444 bits per heavy atom. The lowest BCUT2D eigenvalue weighted by Crippen LogP contribution is -2.19. The quantitative estimate of drug-likeness (QED) is 0.133. The summed E-state index contributed by atoms with van der Waals surface area (Å²) in [5.41, 5.74) is 5.11. The Labute approximate surface area is 263 Å². The van der Waals surface area contributed by atoms with Gasteiger partial charge >= 0.3 is 0 Å². The molecule has 4 rings (SSSR count). The highest BCUT2D eigenvalue weighted by atomic mass is 16.5. The van der Waals surface area contributed by atoms with E-state index in [0.29, 0.717) is 56.7 Å². The van der Waals surface area contributed by atoms with Crippen LogP contribution in [0.3, 0.4) is 0 Å². The number of benzene rings is 4. The van der Waals surface area contributed by atoms with Gasteiger partial charge in [-0.15, -0.1) is 0 Å². The zero-order valence-corrected chi connectivity index (χ0v) is 25.9. The first-order valence-electron chi connectivity index (χ1n) is 15.0. The van der Waals surface area contributed by atoms with E-state index in [-0.39, 0.29) is 16.7 Å². The van der Waals surface area contributed by atoms with Crippen LogP contribution in [0.25, 0.3) is 0 Å². The van der Waals surface area contributed by atoms with Gasteiger partial charge in [0.05, 0.1) is 19.8 Å². The molecule has 0 radical (unpaired) electrons. The van der Waals surface area contributed by atoms with Crippen molar-refractivity contribution in [3.8, 4) is 0 Å². The Morgan fingerprint density at radius 2 is 0.689 bits per heavy atom. The van der Waals surface area contributed by atoms with E-state index in [4.69, 9.17) is 14.2 Å². The second-order valence-corrected chi connectivity index (χ2v) is 10.2. The van der Waals surface area contributed by atoms with E-state index in [2.05, 4.69) is 16.0 Å². The molecule has 234 valence electrons. The smallest absolute Gasteiger partial charge is 0.255 e. The van der Waals surface area contributed by atoms with Crippen molar-refractivity contribution in [2.45, 2.75) is 40.6 Å². The van der Waals surface area contributed by atoms with Gasteiger partial charge in [0, 0.05) is 53.6 Å². The molecular weight excluding hydrogens is 570 g/mol. The number of carbonyl (C=O) groups is 3. The zero-order chi connectivity index (χ0) is 32.0. The van der Waals surface area contributed by atoms with E-state index in [1.54, 1.807) is 36.4 Å². The van der Waals surface area contributed by atoms with E-state index in [1.807, 2.05) is 57.2 Å². The van der Waals surface area contributed by atoms with Gasteiger partial charge < -0.3 is 30.2 Å². The third-order valence-corrected chi connectivity index (χ3v) is 6.77. The molecule has 9 nitrogen and oxygen atoms in total. The Kier molecular flexibility index (Phi) is 12.4. The van der Waals surface area contributed by atoms with Crippen LogP contribution in [-0.4, -0.2) is 37.5 Å². The molecule has 0 heterocycles. The van der Waals surface area contributed by atoms with Crippen molar-refractivity contribution < 1.29 is 28.6 Å². The standard InChI is InChI=1S/C36H39N3O6/c1-4-43-22-25-7-13-31(14-8-25)37-34(40)28-19-29(35(41)38-32-15-9-26(10-16-32)23-44-5-2)21-30(20-28)36(42)39-33-17-11-27(12-18-33)24-45-6-3/h7-21H,4-6,22-24H2,1-3H3,(H,37,40)(H,38,41)(H,39,42). The number of rotatable bonds is 15. The molecule has 0 aliphatic rings. The summed E-state index contributed by atoms with van der Waals surface area (Å²) in [4.78, 5) is 40.1. The number of carbonyl (C=O) groups excluding carboxylic acids is 3. The van der Waals surface area contributed by atoms with Crippen molar-refractivity contribution in [2.24, 2.45) is 0 Å². The van der Waals surface area contributed by atoms with Crippen LogP contribution >= 0.6 is 0 Å². The van der Waals surface area contributed by atoms with Crippen LogP contribution in [0, 0.1) is 0 Å². The topological polar surface area (TPSA) is 115 Å². The molecule has 9 heteroatoms. The van der Waals surface area contributed by atoms with Crippen LogP contribution in [0.15, 0.2) is 91.0 Å². The molecule has 3 N–H and O–H groups in total. The molecule has 3 amide bonds. The lowest BCUT2D eigenvalue weighted by atomic mass is 10.0.